The Morgan fingerprint density at radius 3 is 2.27 bits per heavy atom. The Kier molecular flexibility index (Phi) is 10.6. The van der Waals surface area contributed by atoms with E-state index in [-0.39, 0.29) is 44.4 Å². The number of ether oxygens (including phenoxy) is 1. The number of pyridine rings is 1. The van der Waals surface area contributed by atoms with Crippen molar-refractivity contribution in [3.63, 3.8) is 0 Å². The summed E-state index contributed by atoms with van der Waals surface area (Å²) in [7, 11) is 0. The van der Waals surface area contributed by atoms with Crippen LogP contribution in [0.5, 0.6) is 11.5 Å². The van der Waals surface area contributed by atoms with Gasteiger partial charge in [-0.3, -0.25) is 4.79 Å². The molecular weight excluding hydrogens is 782 g/mol. The predicted octanol–water partition coefficient (Wildman–Crippen LogP) is 8.88. The summed E-state index contributed by atoms with van der Waals surface area (Å²) in [4.78, 5) is 17.1. The third kappa shape index (κ3) is 6.78. The molecule has 0 amide bonds. The van der Waals surface area contributed by atoms with Crippen LogP contribution in [0.25, 0.3) is 22.0 Å². The fraction of sp³-hybridized carbons (Fsp3) is 0.302. The van der Waals surface area contributed by atoms with Gasteiger partial charge in [-0.25, -0.2) is 0 Å². The fourth-order valence-corrected chi connectivity index (χ4v) is 6.74. The maximum Gasteiger partial charge on any atom is 0.232 e. The van der Waals surface area contributed by atoms with Gasteiger partial charge >= 0.3 is 0 Å². The summed E-state index contributed by atoms with van der Waals surface area (Å²) in [5, 5.41) is 12.5. The number of aliphatic hydroxyl groups is 1. The van der Waals surface area contributed by atoms with Gasteiger partial charge in [-0.2, -0.15) is 0 Å². The maximum atomic E-state index is 12.3. The monoisotopic (exact) mass is 828 g/mol. The van der Waals surface area contributed by atoms with E-state index in [2.05, 4.69) is 78.9 Å². The molecule has 0 saturated heterocycles. The van der Waals surface area contributed by atoms with Gasteiger partial charge in [0.1, 0.15) is 11.5 Å². The Morgan fingerprint density at radius 2 is 1.55 bits per heavy atom. The van der Waals surface area contributed by atoms with Gasteiger partial charge in [0.2, 0.25) is 6.71 Å². The number of aliphatic hydroxyl groups excluding tert-OH is 1. The van der Waals surface area contributed by atoms with Gasteiger partial charge in [0.05, 0.1) is 1.37 Å². The number of nitrogens with zero attached hydrogens (tertiary/aromatic N) is 1. The van der Waals surface area contributed by atoms with Crippen LogP contribution in [-0.4, -0.2) is 22.6 Å². The third-order valence-corrected chi connectivity index (χ3v) is 11.1. The molecule has 253 valence electrons. The van der Waals surface area contributed by atoms with Gasteiger partial charge in [0.15, 0.2) is 5.78 Å². The summed E-state index contributed by atoms with van der Waals surface area (Å²) in [5.74, 6) is 1.53. The molecule has 2 aliphatic heterocycles. The van der Waals surface area contributed by atoms with E-state index in [4.69, 9.17) is 11.1 Å². The van der Waals surface area contributed by atoms with Crippen LogP contribution in [0.4, 0.5) is 0 Å². The molecular formula is C43H45BIrNO3-. The Balaban J connectivity index is 0.000000223. The van der Waals surface area contributed by atoms with Crippen LogP contribution in [0.3, 0.4) is 0 Å². The summed E-state index contributed by atoms with van der Waals surface area (Å²) >= 11 is 0. The van der Waals surface area contributed by atoms with Crippen molar-refractivity contribution >= 4 is 39.7 Å². The van der Waals surface area contributed by atoms with Crippen LogP contribution in [0, 0.1) is 16.9 Å². The van der Waals surface area contributed by atoms with Gasteiger partial charge in [-0.05, 0) is 71.2 Å². The minimum Gasteiger partial charge on any atom is -0.512 e. The molecule has 0 atom stereocenters. The fourth-order valence-electron chi connectivity index (χ4n) is 6.74. The van der Waals surface area contributed by atoms with Crippen molar-refractivity contribution in [1.29, 1.82) is 0 Å². The van der Waals surface area contributed by atoms with Crippen molar-refractivity contribution in [3.8, 4) is 22.8 Å². The van der Waals surface area contributed by atoms with Crippen LogP contribution in [0.1, 0.15) is 79.7 Å². The van der Waals surface area contributed by atoms with Crippen LogP contribution >= 0.6 is 0 Å². The Bertz CT molecular complexity index is 2070. The smallest absolute Gasteiger partial charge is 0.232 e. The van der Waals surface area contributed by atoms with Crippen molar-refractivity contribution in [2.75, 3.05) is 0 Å². The minimum atomic E-state index is -0.534. The minimum absolute atomic E-state index is 0. The molecule has 0 unspecified atom stereocenters. The number of benzene rings is 4. The number of hydrogen-bond acceptors (Lipinski definition) is 4. The van der Waals surface area contributed by atoms with Gasteiger partial charge in [-0.15, -0.1) is 23.7 Å². The second-order valence-corrected chi connectivity index (χ2v) is 13.6. The first kappa shape index (κ1) is 34.9. The van der Waals surface area contributed by atoms with Crippen LogP contribution < -0.4 is 21.1 Å². The van der Waals surface area contributed by atoms with Crippen molar-refractivity contribution in [2.24, 2.45) is 10.8 Å². The van der Waals surface area contributed by atoms with E-state index in [0.717, 1.165) is 47.4 Å². The van der Waals surface area contributed by atoms with E-state index in [1.807, 2.05) is 59.9 Å². The molecule has 0 saturated carbocycles. The van der Waals surface area contributed by atoms with Gasteiger partial charge in [0.25, 0.3) is 0 Å². The molecule has 7 rings (SSSR count). The van der Waals surface area contributed by atoms with Crippen molar-refractivity contribution < 1.29 is 36.1 Å². The largest absolute Gasteiger partial charge is 0.512 e. The quantitative estimate of drug-likeness (QED) is 0.0721. The average molecular weight is 828 g/mol. The second-order valence-electron chi connectivity index (χ2n) is 13.6. The third-order valence-electron chi connectivity index (χ3n) is 11.1. The molecule has 0 bridgehead atoms. The first-order valence-corrected chi connectivity index (χ1v) is 17.3. The zero-order valence-electron chi connectivity index (χ0n) is 30.3. The molecule has 2 aliphatic rings. The number of fused-ring (bicyclic) bond motifs is 5. The number of aromatic nitrogens is 1. The summed E-state index contributed by atoms with van der Waals surface area (Å²) in [6.07, 6.45) is 5.70. The second kappa shape index (κ2) is 14.9. The van der Waals surface area contributed by atoms with Crippen molar-refractivity contribution in [2.45, 2.75) is 73.6 Å². The summed E-state index contributed by atoms with van der Waals surface area (Å²) in [6.45, 7) is 11.8. The Labute approximate surface area is 306 Å². The zero-order chi connectivity index (χ0) is 34.9. The Hall–Kier alpha value is -3.99. The molecule has 3 heterocycles. The molecule has 0 spiro atoms. The number of rotatable bonds is 8. The average Bonchev–Trinajstić information content (AvgIpc) is 3.16. The van der Waals surface area contributed by atoms with E-state index in [9.17, 15) is 9.90 Å². The normalized spacial score (nSPS) is 13.7. The van der Waals surface area contributed by atoms with Gasteiger partial charge < -0.3 is 14.8 Å². The zero-order valence-corrected chi connectivity index (χ0v) is 31.7. The predicted molar refractivity (Wildman–Crippen MR) is 200 cm³/mol. The van der Waals surface area contributed by atoms with E-state index in [1.165, 1.54) is 32.9 Å². The summed E-state index contributed by atoms with van der Waals surface area (Å²) in [5.41, 5.74) is 7.42. The number of hydrogen-bond donors (Lipinski definition) is 1. The Morgan fingerprint density at radius 1 is 0.898 bits per heavy atom. The molecule has 4 nitrogen and oxygen atoms in total. The number of carbonyl (C=O) groups excluding carboxylic acids is 1. The van der Waals surface area contributed by atoms with E-state index in [1.54, 1.807) is 0 Å². The molecule has 0 fully saturated rings. The van der Waals surface area contributed by atoms with E-state index >= 15 is 0 Å². The molecule has 1 radical (unpaired) electrons. The summed E-state index contributed by atoms with van der Waals surface area (Å²) in [6, 6.07) is 33.0. The van der Waals surface area contributed by atoms with E-state index in [0.29, 0.717) is 12.8 Å². The molecule has 49 heavy (non-hydrogen) atoms. The van der Waals surface area contributed by atoms with Crippen LogP contribution in [0.2, 0.25) is 0 Å². The number of carbonyl (C=O) groups is 1. The van der Waals surface area contributed by atoms with Crippen molar-refractivity contribution in [1.82, 2.24) is 4.98 Å². The SMILES string of the molecule is [2H]/C(C(=O)C(C)(CC)CC)=C(/O)C(C)(CC)CC.[Ir].[c-]1ccc2c(c1-c1cc3ccccc3cn1)Oc1cccc3c1B2c1ccccc1C3. The first-order valence-electron chi connectivity index (χ1n) is 17.8. The molecule has 1 aromatic heterocycles. The molecule has 5 aromatic rings. The standard InChI is InChI=1S/C28H17BNO.C15H28O2.Ir/c1-2-9-21-17-30-25(16-18(21)7-1)22-11-6-13-24-28(22)31-26-14-5-10-20-15-19-8-3-4-12-23(19)29(24)27(20)26;1-7-14(5,8-2)12(16)11-13(17)15(6,9-3)10-4;/h1-10,12-14,16-17H,15H2;11,16H,7-10H2,1-6H3;/q-1;;/b;12-11-;/i;11D;. The molecule has 4 aromatic carbocycles. The number of allylic oxidation sites excluding steroid dienone is 2. The van der Waals surface area contributed by atoms with E-state index < -0.39 is 10.8 Å². The van der Waals surface area contributed by atoms with Crippen LogP contribution in [-0.2, 0) is 31.3 Å². The topological polar surface area (TPSA) is 59.4 Å². The van der Waals surface area contributed by atoms with Gasteiger partial charge in [0, 0.05) is 48.9 Å². The molecule has 0 aliphatic carbocycles. The van der Waals surface area contributed by atoms with Gasteiger partial charge in [-0.1, -0.05) is 119 Å². The maximum absolute atomic E-state index is 12.3. The molecule has 1 N–H and O–H groups in total. The molecule has 6 heteroatoms. The summed E-state index contributed by atoms with van der Waals surface area (Å²) < 4.78 is 14.6. The van der Waals surface area contributed by atoms with Crippen molar-refractivity contribution in [3.05, 3.63) is 120 Å². The first-order chi connectivity index (χ1) is 23.6. The number of ketones is 1. The van der Waals surface area contributed by atoms with Crippen LogP contribution in [0.15, 0.2) is 103 Å².